The van der Waals surface area contributed by atoms with Crippen molar-refractivity contribution in [1.82, 2.24) is 4.98 Å². The highest BCUT2D eigenvalue weighted by Crippen LogP contribution is 2.15. The smallest absolute Gasteiger partial charge is 0.126 e. The molecule has 90 valence electrons. The fourth-order valence-corrected chi connectivity index (χ4v) is 1.50. The van der Waals surface area contributed by atoms with Crippen molar-refractivity contribution in [2.24, 2.45) is 0 Å². The predicted octanol–water partition coefficient (Wildman–Crippen LogP) is 3.38. The Balaban J connectivity index is 2.19. The largest absolute Gasteiger partial charge is 0.381 e. The highest BCUT2D eigenvalue weighted by atomic mass is 79.9. The lowest BCUT2D eigenvalue weighted by Gasteiger charge is -2.07. The number of ether oxygens (including phenoxy) is 1. The normalized spacial score (nSPS) is 10.4. The summed E-state index contributed by atoms with van der Waals surface area (Å²) in [7, 11) is 0. The molecule has 0 aliphatic heterocycles. The number of anilines is 1. The van der Waals surface area contributed by atoms with Gasteiger partial charge in [0.15, 0.2) is 0 Å². The average molecular weight is 287 g/mol. The molecule has 3 nitrogen and oxygen atoms in total. The zero-order chi connectivity index (χ0) is 11.8. The molecular formula is C12H19BrN2O. The van der Waals surface area contributed by atoms with Gasteiger partial charge in [-0.2, -0.15) is 0 Å². The van der Waals surface area contributed by atoms with Crippen LogP contribution in [0.4, 0.5) is 5.82 Å². The van der Waals surface area contributed by atoms with Crippen LogP contribution in [0.25, 0.3) is 0 Å². The number of nitrogens with zero attached hydrogens (tertiary/aromatic N) is 1. The zero-order valence-electron chi connectivity index (χ0n) is 9.92. The molecule has 4 heteroatoms. The van der Waals surface area contributed by atoms with Gasteiger partial charge in [0.05, 0.1) is 5.69 Å². The van der Waals surface area contributed by atoms with Crippen molar-refractivity contribution >= 4 is 21.7 Å². The van der Waals surface area contributed by atoms with Crippen LogP contribution in [0.3, 0.4) is 0 Å². The lowest BCUT2D eigenvalue weighted by molar-refractivity contribution is 0.134. The molecule has 0 radical (unpaired) electrons. The molecule has 0 atom stereocenters. The Morgan fingerprint density at radius 1 is 1.38 bits per heavy atom. The van der Waals surface area contributed by atoms with E-state index in [9.17, 15) is 0 Å². The summed E-state index contributed by atoms with van der Waals surface area (Å²) in [6.07, 6.45) is 2.09. The Bertz CT molecular complexity index is 318. The van der Waals surface area contributed by atoms with Gasteiger partial charge in [0.1, 0.15) is 5.82 Å². The maximum Gasteiger partial charge on any atom is 0.126 e. The number of hydrogen-bond donors (Lipinski definition) is 1. The van der Waals surface area contributed by atoms with Gasteiger partial charge in [-0.05, 0) is 47.8 Å². The third-order valence-corrected chi connectivity index (χ3v) is 2.98. The van der Waals surface area contributed by atoms with Crippen molar-refractivity contribution in [3.63, 3.8) is 0 Å². The third-order valence-electron chi connectivity index (χ3n) is 2.14. The quantitative estimate of drug-likeness (QED) is 0.781. The van der Waals surface area contributed by atoms with E-state index in [1.165, 1.54) is 0 Å². The number of rotatable bonds is 7. The topological polar surface area (TPSA) is 34.1 Å². The molecule has 0 aliphatic rings. The average Bonchev–Trinajstić information content (AvgIpc) is 2.28. The van der Waals surface area contributed by atoms with Gasteiger partial charge in [-0.1, -0.05) is 6.92 Å². The highest BCUT2D eigenvalue weighted by molar-refractivity contribution is 9.10. The summed E-state index contributed by atoms with van der Waals surface area (Å²) >= 11 is 3.43. The molecule has 1 rings (SSSR count). The summed E-state index contributed by atoms with van der Waals surface area (Å²) in [6.45, 7) is 6.68. The van der Waals surface area contributed by atoms with Crippen LogP contribution in [0, 0.1) is 6.92 Å². The van der Waals surface area contributed by atoms with Crippen LogP contribution in [0.2, 0.25) is 0 Å². The monoisotopic (exact) mass is 286 g/mol. The Morgan fingerprint density at radius 2 is 2.19 bits per heavy atom. The molecule has 1 aromatic rings. The van der Waals surface area contributed by atoms with Crippen molar-refractivity contribution in [2.75, 3.05) is 25.1 Å². The van der Waals surface area contributed by atoms with E-state index in [0.717, 1.165) is 48.6 Å². The molecule has 1 N–H and O–H groups in total. The number of halogens is 1. The minimum absolute atomic E-state index is 0.816. The molecular weight excluding hydrogens is 268 g/mol. The summed E-state index contributed by atoms with van der Waals surface area (Å²) in [4.78, 5) is 4.41. The van der Waals surface area contributed by atoms with Crippen LogP contribution >= 0.6 is 15.9 Å². The zero-order valence-corrected chi connectivity index (χ0v) is 11.5. The fourth-order valence-electron chi connectivity index (χ4n) is 1.28. The van der Waals surface area contributed by atoms with E-state index in [1.807, 2.05) is 19.1 Å². The van der Waals surface area contributed by atoms with E-state index < -0.39 is 0 Å². The maximum absolute atomic E-state index is 5.40. The van der Waals surface area contributed by atoms with Crippen LogP contribution in [0.5, 0.6) is 0 Å². The summed E-state index contributed by atoms with van der Waals surface area (Å²) in [5.74, 6) is 0.927. The second kappa shape index (κ2) is 7.63. The van der Waals surface area contributed by atoms with Crippen LogP contribution < -0.4 is 5.32 Å². The molecule has 0 saturated heterocycles. The Hall–Kier alpha value is -0.610. The number of hydrogen-bond acceptors (Lipinski definition) is 3. The Labute approximate surface area is 106 Å². The van der Waals surface area contributed by atoms with Crippen LogP contribution in [0.1, 0.15) is 25.5 Å². The Morgan fingerprint density at radius 3 is 2.88 bits per heavy atom. The summed E-state index contributed by atoms with van der Waals surface area (Å²) < 4.78 is 6.44. The van der Waals surface area contributed by atoms with Gasteiger partial charge < -0.3 is 10.1 Å². The Kier molecular flexibility index (Phi) is 6.42. The van der Waals surface area contributed by atoms with Gasteiger partial charge in [-0.15, -0.1) is 0 Å². The predicted molar refractivity (Wildman–Crippen MR) is 70.9 cm³/mol. The van der Waals surface area contributed by atoms with Gasteiger partial charge in [0.2, 0.25) is 0 Å². The van der Waals surface area contributed by atoms with Crippen molar-refractivity contribution in [3.8, 4) is 0 Å². The number of aryl methyl sites for hydroxylation is 1. The molecule has 1 heterocycles. The molecule has 0 aliphatic carbocycles. The lowest BCUT2D eigenvalue weighted by atomic mass is 10.3. The minimum atomic E-state index is 0.816. The molecule has 0 fully saturated rings. The fraction of sp³-hybridized carbons (Fsp3) is 0.583. The van der Waals surface area contributed by atoms with E-state index in [2.05, 4.69) is 33.2 Å². The lowest BCUT2D eigenvalue weighted by Crippen LogP contribution is -2.07. The molecule has 0 bridgehead atoms. The van der Waals surface area contributed by atoms with Gasteiger partial charge in [-0.25, -0.2) is 4.98 Å². The number of pyridine rings is 1. The summed E-state index contributed by atoms with van der Waals surface area (Å²) in [5.41, 5.74) is 1.01. The van der Waals surface area contributed by atoms with Gasteiger partial charge in [-0.3, -0.25) is 0 Å². The first-order valence-electron chi connectivity index (χ1n) is 5.68. The van der Waals surface area contributed by atoms with E-state index in [0.29, 0.717) is 0 Å². The number of aromatic nitrogens is 1. The van der Waals surface area contributed by atoms with Crippen LogP contribution in [-0.2, 0) is 4.74 Å². The molecule has 16 heavy (non-hydrogen) atoms. The molecule has 0 aromatic carbocycles. The second-order valence-electron chi connectivity index (χ2n) is 3.66. The van der Waals surface area contributed by atoms with E-state index >= 15 is 0 Å². The van der Waals surface area contributed by atoms with Gasteiger partial charge in [0.25, 0.3) is 0 Å². The van der Waals surface area contributed by atoms with Crippen LogP contribution in [0.15, 0.2) is 16.6 Å². The SMILES string of the molecule is CCCOCCCNc1ccc(Br)c(C)n1. The maximum atomic E-state index is 5.40. The highest BCUT2D eigenvalue weighted by Gasteiger charge is 1.98. The minimum Gasteiger partial charge on any atom is -0.381 e. The third kappa shape index (κ3) is 4.94. The molecule has 1 aromatic heterocycles. The van der Waals surface area contributed by atoms with E-state index in [1.54, 1.807) is 0 Å². The summed E-state index contributed by atoms with van der Waals surface area (Å²) in [6, 6.07) is 3.99. The first-order chi connectivity index (χ1) is 7.74. The van der Waals surface area contributed by atoms with E-state index in [-0.39, 0.29) is 0 Å². The van der Waals surface area contributed by atoms with Crippen molar-refractivity contribution < 1.29 is 4.74 Å². The van der Waals surface area contributed by atoms with Crippen molar-refractivity contribution in [2.45, 2.75) is 26.7 Å². The first kappa shape index (κ1) is 13.5. The summed E-state index contributed by atoms with van der Waals surface area (Å²) in [5, 5.41) is 3.28. The van der Waals surface area contributed by atoms with Crippen molar-refractivity contribution in [3.05, 3.63) is 22.3 Å². The molecule has 0 spiro atoms. The first-order valence-corrected chi connectivity index (χ1v) is 6.48. The van der Waals surface area contributed by atoms with E-state index in [4.69, 9.17) is 4.74 Å². The van der Waals surface area contributed by atoms with Crippen molar-refractivity contribution in [1.29, 1.82) is 0 Å². The van der Waals surface area contributed by atoms with Crippen LogP contribution in [-0.4, -0.2) is 24.7 Å². The molecule has 0 unspecified atom stereocenters. The second-order valence-corrected chi connectivity index (χ2v) is 4.51. The number of nitrogens with one attached hydrogen (secondary N) is 1. The molecule has 0 saturated carbocycles. The van der Waals surface area contributed by atoms with Gasteiger partial charge in [0, 0.05) is 24.2 Å². The standard InChI is InChI=1S/C12H19BrN2O/c1-3-8-16-9-4-7-14-12-6-5-11(13)10(2)15-12/h5-6H,3-4,7-9H2,1-2H3,(H,14,15). The molecule has 0 amide bonds. The van der Waals surface area contributed by atoms with Gasteiger partial charge >= 0.3 is 0 Å².